The normalized spacial score (nSPS) is 18.4. The van der Waals surface area contributed by atoms with Crippen LogP contribution in [0.4, 0.5) is 0 Å². The average molecular weight is 406 g/mol. The van der Waals surface area contributed by atoms with E-state index in [0.717, 1.165) is 17.7 Å². The molecule has 0 spiro atoms. The smallest absolute Gasteiger partial charge is 0.245 e. The Morgan fingerprint density at radius 2 is 2.08 bits per heavy atom. The highest BCUT2D eigenvalue weighted by molar-refractivity contribution is 7.89. The molecule has 130 valence electrons. The number of rotatable bonds is 6. The van der Waals surface area contributed by atoms with Gasteiger partial charge in [-0.2, -0.15) is 4.31 Å². The summed E-state index contributed by atoms with van der Waals surface area (Å²) in [7, 11) is -3.77. The topological polar surface area (TPSA) is 46.6 Å². The largest absolute Gasteiger partial charge is 0.377 e. The molecule has 1 aromatic carbocycles. The van der Waals surface area contributed by atoms with E-state index in [0.29, 0.717) is 19.7 Å². The second-order valence-corrected chi connectivity index (χ2v) is 9.29. The maximum absolute atomic E-state index is 13.2. The lowest BCUT2D eigenvalue weighted by atomic mass is 10.2. The van der Waals surface area contributed by atoms with Crippen molar-refractivity contribution in [3.8, 4) is 0 Å². The standard InChI is InChI=1S/C16H17Cl2NO3S2/c17-14-6-1-7-15(16(14)18)24(20,21)19(10-12-4-2-8-22-12)11-13-5-3-9-23-13/h1,3,5-7,9,12H,2,4,8,10-11H2/t12-/m1/s1. The van der Waals surface area contributed by atoms with E-state index >= 15 is 0 Å². The first-order valence-electron chi connectivity index (χ1n) is 7.56. The Balaban J connectivity index is 1.94. The molecule has 1 saturated heterocycles. The number of thiophene rings is 1. The van der Waals surface area contributed by atoms with Crippen LogP contribution in [0.2, 0.25) is 10.0 Å². The summed E-state index contributed by atoms with van der Waals surface area (Å²) in [5.41, 5.74) is 0. The van der Waals surface area contributed by atoms with Crippen LogP contribution in [0.25, 0.3) is 0 Å². The van der Waals surface area contributed by atoms with Crippen LogP contribution in [0.5, 0.6) is 0 Å². The second-order valence-electron chi connectivity index (χ2n) is 5.56. The van der Waals surface area contributed by atoms with Crippen molar-refractivity contribution in [2.45, 2.75) is 30.4 Å². The molecule has 0 radical (unpaired) electrons. The molecular weight excluding hydrogens is 389 g/mol. The lowest BCUT2D eigenvalue weighted by Gasteiger charge is -2.25. The lowest BCUT2D eigenvalue weighted by molar-refractivity contribution is 0.0927. The van der Waals surface area contributed by atoms with Gasteiger partial charge in [-0.05, 0) is 36.4 Å². The van der Waals surface area contributed by atoms with Gasteiger partial charge >= 0.3 is 0 Å². The van der Waals surface area contributed by atoms with Crippen LogP contribution in [-0.2, 0) is 21.3 Å². The number of sulfonamides is 1. The number of hydrogen-bond donors (Lipinski definition) is 0. The molecule has 1 aliphatic rings. The molecule has 2 heterocycles. The summed E-state index contributed by atoms with van der Waals surface area (Å²) in [5.74, 6) is 0. The van der Waals surface area contributed by atoms with Crippen LogP contribution in [0.1, 0.15) is 17.7 Å². The minimum Gasteiger partial charge on any atom is -0.377 e. The van der Waals surface area contributed by atoms with Gasteiger partial charge in [0.1, 0.15) is 4.90 Å². The molecule has 0 amide bonds. The van der Waals surface area contributed by atoms with Crippen molar-refractivity contribution in [1.29, 1.82) is 0 Å². The van der Waals surface area contributed by atoms with Crippen LogP contribution in [0, 0.1) is 0 Å². The maximum Gasteiger partial charge on any atom is 0.245 e. The van der Waals surface area contributed by atoms with Gasteiger partial charge in [-0.15, -0.1) is 11.3 Å². The minimum absolute atomic E-state index is 0.0335. The van der Waals surface area contributed by atoms with E-state index in [4.69, 9.17) is 27.9 Å². The van der Waals surface area contributed by atoms with Gasteiger partial charge in [-0.1, -0.05) is 35.3 Å². The number of benzene rings is 1. The van der Waals surface area contributed by atoms with E-state index < -0.39 is 10.0 Å². The lowest BCUT2D eigenvalue weighted by Crippen LogP contribution is -2.36. The Morgan fingerprint density at radius 3 is 2.75 bits per heavy atom. The molecule has 1 atom stereocenters. The van der Waals surface area contributed by atoms with Crippen LogP contribution in [0.3, 0.4) is 0 Å². The van der Waals surface area contributed by atoms with Crippen molar-refractivity contribution < 1.29 is 13.2 Å². The predicted molar refractivity (Wildman–Crippen MR) is 97.4 cm³/mol. The van der Waals surface area contributed by atoms with E-state index in [1.807, 2.05) is 17.5 Å². The SMILES string of the molecule is O=S(=O)(c1cccc(Cl)c1Cl)N(Cc1cccs1)C[C@H]1CCCO1. The molecule has 0 aliphatic carbocycles. The highest BCUT2D eigenvalue weighted by Crippen LogP contribution is 2.32. The fourth-order valence-corrected chi connectivity index (χ4v) is 5.65. The summed E-state index contributed by atoms with van der Waals surface area (Å²) in [4.78, 5) is 1.00. The molecule has 4 nitrogen and oxygen atoms in total. The van der Waals surface area contributed by atoms with Gasteiger partial charge in [0.15, 0.2) is 0 Å². The van der Waals surface area contributed by atoms with E-state index in [1.165, 1.54) is 21.7 Å². The minimum atomic E-state index is -3.77. The van der Waals surface area contributed by atoms with Gasteiger partial charge in [-0.25, -0.2) is 8.42 Å². The van der Waals surface area contributed by atoms with Gasteiger partial charge in [0, 0.05) is 24.6 Å². The summed E-state index contributed by atoms with van der Waals surface area (Å²) in [6, 6.07) is 8.48. The summed E-state index contributed by atoms with van der Waals surface area (Å²) in [6.45, 7) is 1.28. The first-order valence-corrected chi connectivity index (χ1v) is 10.6. The number of ether oxygens (including phenoxy) is 1. The molecule has 0 N–H and O–H groups in total. The monoisotopic (exact) mass is 405 g/mol. The van der Waals surface area contributed by atoms with Crippen LogP contribution in [0.15, 0.2) is 40.6 Å². The van der Waals surface area contributed by atoms with Crippen molar-refractivity contribution >= 4 is 44.6 Å². The third-order valence-electron chi connectivity index (χ3n) is 3.88. The molecule has 8 heteroatoms. The Hall–Kier alpha value is -0.630. The van der Waals surface area contributed by atoms with E-state index in [-0.39, 0.29) is 21.0 Å². The first kappa shape index (κ1) is 18.2. The molecule has 1 aliphatic heterocycles. The highest BCUT2D eigenvalue weighted by Gasteiger charge is 2.31. The zero-order valence-corrected chi connectivity index (χ0v) is 16.0. The summed E-state index contributed by atoms with van der Waals surface area (Å²) >= 11 is 13.7. The maximum atomic E-state index is 13.2. The van der Waals surface area contributed by atoms with Crippen LogP contribution < -0.4 is 0 Å². The molecule has 0 unspecified atom stereocenters. The number of nitrogens with zero attached hydrogens (tertiary/aromatic N) is 1. The van der Waals surface area contributed by atoms with Gasteiger partial charge in [-0.3, -0.25) is 0 Å². The predicted octanol–water partition coefficient (Wildman–Crippen LogP) is 4.42. The fraction of sp³-hybridized carbons (Fsp3) is 0.375. The Labute approximate surface area is 156 Å². The molecule has 3 rings (SSSR count). The first-order chi connectivity index (χ1) is 11.5. The van der Waals surface area contributed by atoms with E-state index in [9.17, 15) is 8.42 Å². The van der Waals surface area contributed by atoms with Crippen molar-refractivity contribution in [2.24, 2.45) is 0 Å². The Kier molecular flexibility index (Phi) is 5.85. The molecule has 2 aromatic rings. The van der Waals surface area contributed by atoms with Gasteiger partial charge in [0.05, 0.1) is 16.1 Å². The summed E-state index contributed by atoms with van der Waals surface area (Å²) in [6.07, 6.45) is 1.73. The fourth-order valence-electron chi connectivity index (χ4n) is 2.66. The molecule has 24 heavy (non-hydrogen) atoms. The molecular formula is C16H17Cl2NO3S2. The van der Waals surface area contributed by atoms with Crippen molar-refractivity contribution in [3.63, 3.8) is 0 Å². The average Bonchev–Trinajstić information content (AvgIpc) is 3.23. The van der Waals surface area contributed by atoms with E-state index in [1.54, 1.807) is 12.1 Å². The Morgan fingerprint density at radius 1 is 1.25 bits per heavy atom. The molecule has 1 aromatic heterocycles. The molecule has 0 saturated carbocycles. The Bertz CT molecular complexity index is 788. The molecule has 1 fully saturated rings. The van der Waals surface area contributed by atoms with Gasteiger partial charge < -0.3 is 4.74 Å². The van der Waals surface area contributed by atoms with E-state index in [2.05, 4.69) is 0 Å². The van der Waals surface area contributed by atoms with Crippen LogP contribution in [-0.4, -0.2) is 32.0 Å². The zero-order chi connectivity index (χ0) is 17.2. The third kappa shape index (κ3) is 3.95. The summed E-state index contributed by atoms with van der Waals surface area (Å²) < 4.78 is 33.4. The number of hydrogen-bond acceptors (Lipinski definition) is 4. The third-order valence-corrected chi connectivity index (χ3v) is 7.52. The molecule has 0 bridgehead atoms. The number of halogens is 2. The second kappa shape index (κ2) is 7.72. The van der Waals surface area contributed by atoms with Crippen molar-refractivity contribution in [1.82, 2.24) is 4.31 Å². The zero-order valence-electron chi connectivity index (χ0n) is 12.8. The van der Waals surface area contributed by atoms with Crippen molar-refractivity contribution in [3.05, 3.63) is 50.6 Å². The van der Waals surface area contributed by atoms with Gasteiger partial charge in [0.2, 0.25) is 10.0 Å². The van der Waals surface area contributed by atoms with Crippen LogP contribution >= 0.6 is 34.5 Å². The summed E-state index contributed by atoms with van der Waals surface area (Å²) in [5, 5.41) is 2.21. The van der Waals surface area contributed by atoms with Crippen molar-refractivity contribution in [2.75, 3.05) is 13.2 Å². The quantitative estimate of drug-likeness (QED) is 0.713. The van der Waals surface area contributed by atoms with Gasteiger partial charge in [0.25, 0.3) is 0 Å². The highest BCUT2D eigenvalue weighted by atomic mass is 35.5.